The number of hydrogen-bond acceptors (Lipinski definition) is 14. The van der Waals surface area contributed by atoms with Crippen LogP contribution in [-0.2, 0) is 55.8 Å². The van der Waals surface area contributed by atoms with E-state index < -0.39 is 91.5 Å². The Balaban J connectivity index is 4.47. The molecule has 0 fully saturated rings. The molecule has 16 nitrogen and oxygen atoms in total. The van der Waals surface area contributed by atoms with Crippen molar-refractivity contribution in [3.8, 4) is 0 Å². The number of ether oxygens (including phenoxy) is 3. The van der Waals surface area contributed by atoms with Gasteiger partial charge in [-0.2, -0.15) is 0 Å². The van der Waals surface area contributed by atoms with Gasteiger partial charge in [-0.3, -0.25) is 32.5 Å². The van der Waals surface area contributed by atoms with E-state index in [9.17, 15) is 43.5 Å². The lowest BCUT2D eigenvalue weighted by Gasteiger charge is -2.21. The molecule has 0 spiro atoms. The first-order valence-corrected chi connectivity index (χ1v) is 48.5. The van der Waals surface area contributed by atoms with E-state index in [-0.39, 0.29) is 19.3 Å². The monoisotopic (exact) mass is 1630 g/mol. The van der Waals surface area contributed by atoms with Crippen LogP contribution in [0.3, 0.4) is 0 Å². The normalized spacial score (nSPS) is 14.4. The smallest absolute Gasteiger partial charge is 0.463 e. The van der Waals surface area contributed by atoms with Gasteiger partial charge in [0.05, 0.1) is 26.4 Å². The van der Waals surface area contributed by atoms with Crippen molar-refractivity contribution in [1.29, 1.82) is 0 Å². The molecule has 0 heterocycles. The van der Waals surface area contributed by atoms with Gasteiger partial charge in [0.2, 0.25) is 0 Å². The molecule has 0 bridgehead atoms. The summed E-state index contributed by atoms with van der Waals surface area (Å²) in [5, 5.41) is 20.7. The largest absolute Gasteiger partial charge is 0.472 e. The molecule has 0 saturated carbocycles. The zero-order valence-electron chi connectivity index (χ0n) is 71.8. The minimum Gasteiger partial charge on any atom is -0.463 e. The molecular formula is C95H166O16P2. The Kier molecular flexibility index (Phi) is 83.7. The zero-order valence-corrected chi connectivity index (χ0v) is 73.6. The molecule has 0 aliphatic carbocycles. The van der Waals surface area contributed by atoms with Crippen LogP contribution >= 0.6 is 15.6 Å². The quantitative estimate of drug-likeness (QED) is 0.0146. The summed E-state index contributed by atoms with van der Waals surface area (Å²) in [6, 6.07) is 0. The molecule has 0 radical (unpaired) electrons. The summed E-state index contributed by atoms with van der Waals surface area (Å²) >= 11 is 0. The second kappa shape index (κ2) is 87.0. The Labute approximate surface area is 690 Å². The van der Waals surface area contributed by atoms with E-state index in [1.165, 1.54) is 205 Å². The number of allylic oxidation sites excluding steroid dienone is 22. The molecule has 0 amide bonds. The third-order valence-electron chi connectivity index (χ3n) is 19.3. The molecule has 0 aromatic carbocycles. The standard InChI is InChI=1S/C95H166O16P2/c1-4-7-10-13-16-19-22-25-28-30-32-34-36-38-40-42-44-46-48-50-52-54-56-58-61-63-66-69-72-75-78-81-93(98)105-84-90(96)85-107-112(101,102)108-86-91(97)87-109-113(103,104)110-89-92(111-95(100)83-80-77-74-71-68-65-60-27-24-21-18-15-12-9-6-3)88-106-94(99)82-79-76-73-70-67-64-62-59-57-55-53-51-49-47-45-43-41-39-37-35-33-31-29-26-23-20-17-14-11-8-5-2/h9,12,16-21,25-29,32-35,38-41,60,90-92,96-97H,4-8,10-11,13-15,22-24,30-31,36-37,42-59,61-89H2,1-3H3,(H,101,102)(H,103,104)/b12-9-,19-16-,20-17-,21-18-,28-25-,29-26-,34-32-,35-33-,40-38-,41-39-,60-27-. The number of aliphatic hydroxyl groups excluding tert-OH is 2. The van der Waals surface area contributed by atoms with Crippen LogP contribution in [0.25, 0.3) is 0 Å². The number of phosphoric acid groups is 2. The van der Waals surface area contributed by atoms with Crippen LogP contribution < -0.4 is 0 Å². The molecule has 0 saturated heterocycles. The van der Waals surface area contributed by atoms with Crippen molar-refractivity contribution >= 4 is 33.6 Å². The maximum atomic E-state index is 13.0. The lowest BCUT2D eigenvalue weighted by Crippen LogP contribution is -2.30. The molecule has 0 aliphatic heterocycles. The molecule has 0 aromatic heterocycles. The summed E-state index contributed by atoms with van der Waals surface area (Å²) in [5.74, 6) is -1.58. The Morgan fingerprint density at radius 1 is 0.257 bits per heavy atom. The number of carbonyl (C=O) groups excluding carboxylic acids is 3. The Morgan fingerprint density at radius 3 is 0.743 bits per heavy atom. The highest BCUT2D eigenvalue weighted by Crippen LogP contribution is 2.45. The van der Waals surface area contributed by atoms with E-state index >= 15 is 0 Å². The average molecular weight is 1630 g/mol. The molecule has 0 rings (SSSR count). The Hall–Kier alpha value is -4.31. The molecular weight excluding hydrogens is 1460 g/mol. The van der Waals surface area contributed by atoms with E-state index in [0.717, 1.165) is 128 Å². The van der Waals surface area contributed by atoms with Crippen LogP contribution in [0.5, 0.6) is 0 Å². The number of unbranched alkanes of at least 4 members (excludes halogenated alkanes) is 41. The maximum absolute atomic E-state index is 13.0. The lowest BCUT2D eigenvalue weighted by molar-refractivity contribution is -0.161. The Morgan fingerprint density at radius 2 is 0.469 bits per heavy atom. The fourth-order valence-electron chi connectivity index (χ4n) is 12.4. The topological polar surface area (TPSA) is 231 Å². The van der Waals surface area contributed by atoms with Gasteiger partial charge in [0.25, 0.3) is 0 Å². The zero-order chi connectivity index (χ0) is 82.2. The van der Waals surface area contributed by atoms with Gasteiger partial charge >= 0.3 is 33.6 Å². The van der Waals surface area contributed by atoms with E-state index in [0.29, 0.717) is 19.3 Å². The van der Waals surface area contributed by atoms with E-state index in [4.69, 9.17) is 32.3 Å². The summed E-state index contributed by atoms with van der Waals surface area (Å²) in [6.45, 7) is 2.54. The van der Waals surface area contributed by atoms with Gasteiger partial charge in [0.1, 0.15) is 25.4 Å². The molecule has 652 valence electrons. The van der Waals surface area contributed by atoms with Gasteiger partial charge in [0.15, 0.2) is 6.10 Å². The van der Waals surface area contributed by atoms with Crippen molar-refractivity contribution in [2.75, 3.05) is 39.6 Å². The van der Waals surface area contributed by atoms with Gasteiger partial charge in [0, 0.05) is 19.3 Å². The second-order valence-electron chi connectivity index (χ2n) is 30.4. The number of hydrogen-bond donors (Lipinski definition) is 4. The SMILES string of the molecule is CC/C=C\C/C=C\C/C=C\CCCCCCCC(=O)OC(COC(=O)CCCCCCCCCCCCCCCCC/C=C\C/C=C\C/C=C\C/C=C\CCCCC)COP(=O)(O)OCC(O)COP(=O)(O)OCC(O)COC(=O)CCCCCCCCCCCCCCCCC/C=C\C/C=C\C/C=C\C/C=C\CCCCC. The van der Waals surface area contributed by atoms with Gasteiger partial charge in [-0.15, -0.1) is 0 Å². The van der Waals surface area contributed by atoms with E-state index in [2.05, 4.69) is 154 Å². The van der Waals surface area contributed by atoms with Crippen molar-refractivity contribution < 1.29 is 75.8 Å². The van der Waals surface area contributed by atoms with Gasteiger partial charge < -0.3 is 34.2 Å². The van der Waals surface area contributed by atoms with E-state index in [1.54, 1.807) is 0 Å². The van der Waals surface area contributed by atoms with Crippen molar-refractivity contribution in [2.45, 2.75) is 411 Å². The predicted octanol–water partition coefficient (Wildman–Crippen LogP) is 27.8. The van der Waals surface area contributed by atoms with Gasteiger partial charge in [-0.25, -0.2) is 9.13 Å². The van der Waals surface area contributed by atoms with Gasteiger partial charge in [-0.05, 0) is 141 Å². The molecule has 4 N–H and O–H groups in total. The third-order valence-corrected chi connectivity index (χ3v) is 21.2. The first-order valence-electron chi connectivity index (χ1n) is 45.5. The molecule has 0 aliphatic rings. The average Bonchev–Trinajstić information content (AvgIpc) is 0.896. The van der Waals surface area contributed by atoms with Crippen LogP contribution in [-0.4, -0.2) is 95.9 Å². The van der Waals surface area contributed by atoms with Crippen LogP contribution in [0.4, 0.5) is 0 Å². The molecule has 113 heavy (non-hydrogen) atoms. The molecule has 5 atom stereocenters. The fraction of sp³-hybridized carbons (Fsp3) is 0.737. The number of rotatable bonds is 86. The van der Waals surface area contributed by atoms with Crippen LogP contribution in [0.15, 0.2) is 134 Å². The van der Waals surface area contributed by atoms with E-state index in [1.807, 2.05) is 0 Å². The minimum atomic E-state index is -4.94. The number of aliphatic hydroxyl groups is 2. The highest BCUT2D eigenvalue weighted by atomic mass is 31.2. The fourth-order valence-corrected chi connectivity index (χ4v) is 14.0. The summed E-state index contributed by atoms with van der Waals surface area (Å²) in [7, 11) is -9.80. The molecule has 0 aromatic rings. The first-order chi connectivity index (χ1) is 55.2. The van der Waals surface area contributed by atoms with Crippen LogP contribution in [0.1, 0.15) is 393 Å². The summed E-state index contributed by atoms with van der Waals surface area (Å²) < 4.78 is 61.4. The number of phosphoric ester groups is 2. The lowest BCUT2D eigenvalue weighted by atomic mass is 10.0. The summed E-state index contributed by atoms with van der Waals surface area (Å²) in [5.41, 5.74) is 0. The predicted molar refractivity (Wildman–Crippen MR) is 473 cm³/mol. The summed E-state index contributed by atoms with van der Waals surface area (Å²) in [4.78, 5) is 58.9. The molecule has 18 heteroatoms. The highest BCUT2D eigenvalue weighted by Gasteiger charge is 2.29. The molecule has 5 unspecified atom stereocenters. The Bertz CT molecular complexity index is 2580. The highest BCUT2D eigenvalue weighted by molar-refractivity contribution is 7.47. The maximum Gasteiger partial charge on any atom is 0.472 e. The third kappa shape index (κ3) is 88.3. The number of esters is 3. The van der Waals surface area contributed by atoms with Gasteiger partial charge in [-0.1, -0.05) is 366 Å². The summed E-state index contributed by atoms with van der Waals surface area (Å²) in [6.07, 6.45) is 108. The van der Waals surface area contributed by atoms with Crippen molar-refractivity contribution in [2.24, 2.45) is 0 Å². The first kappa shape index (κ1) is 109. The van der Waals surface area contributed by atoms with Crippen molar-refractivity contribution in [3.05, 3.63) is 134 Å². The van der Waals surface area contributed by atoms with Crippen LogP contribution in [0.2, 0.25) is 0 Å². The minimum absolute atomic E-state index is 0.0843. The number of carbonyl (C=O) groups is 3. The van der Waals surface area contributed by atoms with Crippen molar-refractivity contribution in [1.82, 2.24) is 0 Å². The van der Waals surface area contributed by atoms with Crippen LogP contribution in [0, 0.1) is 0 Å². The second-order valence-corrected chi connectivity index (χ2v) is 33.3. The van der Waals surface area contributed by atoms with Crippen molar-refractivity contribution in [3.63, 3.8) is 0 Å².